The number of morpholine rings is 1. The molecule has 3 rings (SSSR count). The molecule has 1 atom stereocenters. The van der Waals surface area contributed by atoms with Crippen LogP contribution in [0.5, 0.6) is 0 Å². The van der Waals surface area contributed by atoms with Crippen molar-refractivity contribution in [1.29, 1.82) is 0 Å². The van der Waals surface area contributed by atoms with Crippen LogP contribution < -0.4 is 10.6 Å². The number of hydrogen-bond acceptors (Lipinski definition) is 5. The van der Waals surface area contributed by atoms with Crippen molar-refractivity contribution < 1.29 is 4.74 Å². The van der Waals surface area contributed by atoms with Crippen molar-refractivity contribution in [2.45, 2.75) is 12.5 Å². The van der Waals surface area contributed by atoms with E-state index in [1.54, 1.807) is 0 Å². The summed E-state index contributed by atoms with van der Waals surface area (Å²) in [4.78, 5) is 6.93. The van der Waals surface area contributed by atoms with Gasteiger partial charge in [-0.05, 0) is 24.1 Å². The van der Waals surface area contributed by atoms with Gasteiger partial charge >= 0.3 is 0 Å². The molecule has 0 aliphatic carbocycles. The molecule has 2 aliphatic rings. The first-order valence-corrected chi connectivity index (χ1v) is 8.30. The molecule has 2 heterocycles. The van der Waals surface area contributed by atoms with E-state index in [2.05, 4.69) is 32.7 Å². The Bertz CT molecular complexity index is 517. The molecule has 0 spiro atoms. The Morgan fingerprint density at radius 2 is 2.23 bits per heavy atom. The van der Waals surface area contributed by atoms with Crippen molar-refractivity contribution in [3.05, 3.63) is 34.9 Å². The normalized spacial score (nSPS) is 20.9. The highest BCUT2D eigenvalue weighted by Crippen LogP contribution is 2.23. The van der Waals surface area contributed by atoms with Gasteiger partial charge in [0.15, 0.2) is 5.96 Å². The third kappa shape index (κ3) is 4.12. The fourth-order valence-corrected chi connectivity index (χ4v) is 3.10. The second-order valence-corrected chi connectivity index (χ2v) is 6.05. The summed E-state index contributed by atoms with van der Waals surface area (Å²) >= 11 is 6.18. The molecule has 1 unspecified atom stereocenters. The second kappa shape index (κ2) is 7.81. The molecule has 0 aromatic heterocycles. The molecule has 1 aromatic carbocycles. The number of rotatable bonds is 4. The average Bonchev–Trinajstić information content (AvgIpc) is 2.57. The van der Waals surface area contributed by atoms with Gasteiger partial charge in [0.25, 0.3) is 0 Å². The van der Waals surface area contributed by atoms with Gasteiger partial charge in [0.05, 0.1) is 19.3 Å². The topological polar surface area (TPSA) is 48.9 Å². The van der Waals surface area contributed by atoms with E-state index in [0.29, 0.717) is 0 Å². The van der Waals surface area contributed by atoms with Gasteiger partial charge in [-0.15, -0.1) is 0 Å². The summed E-state index contributed by atoms with van der Waals surface area (Å²) in [6, 6.07) is 8.40. The first-order valence-electron chi connectivity index (χ1n) is 7.92. The number of aliphatic imine (C=N–C) groups is 1. The van der Waals surface area contributed by atoms with Gasteiger partial charge in [0, 0.05) is 37.7 Å². The zero-order valence-electron chi connectivity index (χ0n) is 12.7. The predicted octanol–water partition coefficient (Wildman–Crippen LogP) is 1.65. The summed E-state index contributed by atoms with van der Waals surface area (Å²) in [5.74, 6) is 0.909. The minimum atomic E-state index is 0.272. The van der Waals surface area contributed by atoms with Crippen molar-refractivity contribution in [3.63, 3.8) is 0 Å². The molecule has 1 fully saturated rings. The largest absolute Gasteiger partial charge is 0.379 e. The van der Waals surface area contributed by atoms with E-state index in [1.165, 1.54) is 5.56 Å². The Morgan fingerprint density at radius 1 is 1.36 bits per heavy atom. The zero-order chi connectivity index (χ0) is 15.2. The van der Waals surface area contributed by atoms with E-state index < -0.39 is 0 Å². The Hall–Kier alpha value is -1.30. The number of hydrogen-bond donors (Lipinski definition) is 2. The predicted molar refractivity (Wildman–Crippen MR) is 89.5 cm³/mol. The molecular formula is C16H23ClN4O. The lowest BCUT2D eigenvalue weighted by Crippen LogP contribution is -2.47. The van der Waals surface area contributed by atoms with Crippen molar-refractivity contribution in [3.8, 4) is 0 Å². The summed E-state index contributed by atoms with van der Waals surface area (Å²) in [6.45, 7) is 6.16. The van der Waals surface area contributed by atoms with Gasteiger partial charge in [0.2, 0.25) is 0 Å². The Morgan fingerprint density at radius 3 is 2.95 bits per heavy atom. The van der Waals surface area contributed by atoms with Crippen LogP contribution in [0.3, 0.4) is 0 Å². The molecule has 0 saturated carbocycles. The molecule has 1 aromatic rings. The van der Waals surface area contributed by atoms with Crippen molar-refractivity contribution >= 4 is 17.6 Å². The average molecular weight is 323 g/mol. The first kappa shape index (κ1) is 15.6. The van der Waals surface area contributed by atoms with Crippen LogP contribution in [0, 0.1) is 0 Å². The molecule has 0 bridgehead atoms. The van der Waals surface area contributed by atoms with E-state index in [0.717, 1.165) is 63.3 Å². The number of guanidine groups is 1. The van der Waals surface area contributed by atoms with E-state index in [-0.39, 0.29) is 6.04 Å². The van der Waals surface area contributed by atoms with E-state index in [9.17, 15) is 0 Å². The van der Waals surface area contributed by atoms with Gasteiger partial charge in [-0.25, -0.2) is 0 Å². The summed E-state index contributed by atoms with van der Waals surface area (Å²) in [5.41, 5.74) is 1.23. The first-order chi connectivity index (χ1) is 10.8. The molecule has 5 nitrogen and oxygen atoms in total. The van der Waals surface area contributed by atoms with Crippen LogP contribution >= 0.6 is 11.6 Å². The number of nitrogens with one attached hydrogen (secondary N) is 2. The van der Waals surface area contributed by atoms with Gasteiger partial charge in [0.1, 0.15) is 0 Å². The van der Waals surface area contributed by atoms with Crippen molar-refractivity contribution in [2.75, 3.05) is 45.9 Å². The standard InChI is InChI=1S/C16H23ClN4O/c17-14-4-1-3-13(11-14)15(21-7-9-22-10-8-21)12-20-16-18-5-2-6-19-16/h1,3-4,11,15H,2,5-10,12H2,(H2,18,19,20). The lowest BCUT2D eigenvalue weighted by molar-refractivity contribution is 0.0170. The Balaban J connectivity index is 1.71. The molecule has 120 valence electrons. The fourth-order valence-electron chi connectivity index (χ4n) is 2.91. The minimum absolute atomic E-state index is 0.272. The maximum Gasteiger partial charge on any atom is 0.191 e. The fraction of sp³-hybridized carbons (Fsp3) is 0.562. The number of ether oxygens (including phenoxy) is 1. The van der Waals surface area contributed by atoms with E-state index in [4.69, 9.17) is 16.3 Å². The smallest absolute Gasteiger partial charge is 0.191 e. The molecule has 6 heteroatoms. The minimum Gasteiger partial charge on any atom is -0.379 e. The summed E-state index contributed by atoms with van der Waals surface area (Å²) in [7, 11) is 0. The van der Waals surface area contributed by atoms with Gasteiger partial charge < -0.3 is 15.4 Å². The molecule has 0 amide bonds. The van der Waals surface area contributed by atoms with Gasteiger partial charge in [-0.3, -0.25) is 9.89 Å². The van der Waals surface area contributed by atoms with Crippen LogP contribution in [0.15, 0.2) is 29.3 Å². The summed E-state index contributed by atoms with van der Waals surface area (Å²) < 4.78 is 5.48. The molecule has 1 saturated heterocycles. The third-order valence-corrected chi connectivity index (χ3v) is 4.32. The maximum absolute atomic E-state index is 6.18. The Kier molecular flexibility index (Phi) is 5.53. The maximum atomic E-state index is 6.18. The lowest BCUT2D eigenvalue weighted by Gasteiger charge is -2.35. The molecule has 0 radical (unpaired) electrons. The van der Waals surface area contributed by atoms with Crippen molar-refractivity contribution in [1.82, 2.24) is 15.5 Å². The van der Waals surface area contributed by atoms with E-state index in [1.807, 2.05) is 12.1 Å². The Labute approximate surface area is 136 Å². The highest BCUT2D eigenvalue weighted by atomic mass is 35.5. The SMILES string of the molecule is Clc1cccc(C(CNC2=NCCCN2)N2CCOCC2)c1. The van der Waals surface area contributed by atoms with Crippen LogP contribution in [0.1, 0.15) is 18.0 Å². The van der Waals surface area contributed by atoms with E-state index >= 15 is 0 Å². The molecule has 22 heavy (non-hydrogen) atoms. The quantitative estimate of drug-likeness (QED) is 0.885. The number of halogens is 1. The van der Waals surface area contributed by atoms with Crippen LogP contribution in [-0.2, 0) is 4.74 Å². The van der Waals surface area contributed by atoms with Crippen LogP contribution in [0.2, 0.25) is 5.02 Å². The van der Waals surface area contributed by atoms with Crippen LogP contribution in [-0.4, -0.2) is 56.8 Å². The monoisotopic (exact) mass is 322 g/mol. The van der Waals surface area contributed by atoms with Crippen molar-refractivity contribution in [2.24, 2.45) is 4.99 Å². The third-order valence-electron chi connectivity index (χ3n) is 4.08. The highest BCUT2D eigenvalue weighted by Gasteiger charge is 2.23. The molecular weight excluding hydrogens is 300 g/mol. The second-order valence-electron chi connectivity index (χ2n) is 5.61. The van der Waals surface area contributed by atoms with Gasteiger partial charge in [-0.2, -0.15) is 0 Å². The number of benzene rings is 1. The van der Waals surface area contributed by atoms with Crippen LogP contribution in [0.25, 0.3) is 0 Å². The molecule has 2 aliphatic heterocycles. The summed E-state index contributed by atoms with van der Waals surface area (Å²) in [6.07, 6.45) is 1.10. The zero-order valence-corrected chi connectivity index (χ0v) is 13.5. The van der Waals surface area contributed by atoms with Gasteiger partial charge in [-0.1, -0.05) is 23.7 Å². The molecule has 2 N–H and O–H groups in total. The number of nitrogens with zero attached hydrogens (tertiary/aromatic N) is 2. The van der Waals surface area contributed by atoms with Crippen LogP contribution in [0.4, 0.5) is 0 Å². The highest BCUT2D eigenvalue weighted by molar-refractivity contribution is 6.30. The lowest BCUT2D eigenvalue weighted by atomic mass is 10.0. The summed E-state index contributed by atoms with van der Waals surface area (Å²) in [5, 5.41) is 7.54.